The normalized spacial score (nSPS) is 10.8. The molecule has 0 aliphatic rings. The molecule has 4 aromatic carbocycles. The van der Waals surface area contributed by atoms with Crippen LogP contribution in [0.2, 0.25) is 0 Å². The van der Waals surface area contributed by atoms with E-state index in [0.717, 1.165) is 22.3 Å². The van der Waals surface area contributed by atoms with E-state index in [9.17, 15) is 9.59 Å². The Balaban J connectivity index is 0.00000304. The first kappa shape index (κ1) is 24.8. The number of aromatic nitrogens is 2. The molecule has 1 heterocycles. The predicted molar refractivity (Wildman–Crippen MR) is 147 cm³/mol. The molecule has 0 spiro atoms. The van der Waals surface area contributed by atoms with E-state index in [1.54, 1.807) is 4.57 Å². The minimum Gasteiger partial charge on any atom is -0.393 e. The highest BCUT2D eigenvalue weighted by molar-refractivity contribution is 5.85. The monoisotopic (exact) mass is 495 g/mol. The third-order valence-corrected chi connectivity index (χ3v) is 6.17. The Kier molecular flexibility index (Phi) is 7.52. The second-order valence-corrected chi connectivity index (χ2v) is 8.40. The molecular formula is C30H26ClN3O2. The Bertz CT molecular complexity index is 1460. The van der Waals surface area contributed by atoms with Crippen molar-refractivity contribution in [2.24, 2.45) is 0 Å². The lowest BCUT2D eigenvalue weighted by molar-refractivity contribution is 0.533. The first-order valence-electron chi connectivity index (χ1n) is 11.5. The summed E-state index contributed by atoms with van der Waals surface area (Å²) in [7, 11) is 0. The summed E-state index contributed by atoms with van der Waals surface area (Å²) in [4.78, 5) is 27.6. The van der Waals surface area contributed by atoms with Gasteiger partial charge in [-0.05, 0) is 22.3 Å². The molecule has 0 fully saturated rings. The molecule has 0 aliphatic carbocycles. The number of nitrogens with two attached hydrogens (primary N) is 1. The van der Waals surface area contributed by atoms with Crippen LogP contribution in [-0.4, -0.2) is 9.13 Å². The molecule has 5 nitrogen and oxygen atoms in total. The van der Waals surface area contributed by atoms with Crippen LogP contribution in [0.4, 0.5) is 5.69 Å². The summed E-state index contributed by atoms with van der Waals surface area (Å²) in [6.45, 7) is 0. The maximum Gasteiger partial charge on any atom is 0.332 e. The highest BCUT2D eigenvalue weighted by Gasteiger charge is 2.26. The number of hydrogen-bond acceptors (Lipinski definition) is 3. The first-order valence-corrected chi connectivity index (χ1v) is 11.5. The number of nitrogens with zero attached hydrogens (tertiary/aromatic N) is 2. The van der Waals surface area contributed by atoms with Gasteiger partial charge in [0.2, 0.25) is 0 Å². The Morgan fingerprint density at radius 2 is 0.861 bits per heavy atom. The van der Waals surface area contributed by atoms with Crippen LogP contribution in [0.1, 0.15) is 34.3 Å². The number of benzene rings is 4. The Labute approximate surface area is 215 Å². The molecule has 36 heavy (non-hydrogen) atoms. The van der Waals surface area contributed by atoms with Gasteiger partial charge < -0.3 is 5.73 Å². The molecule has 0 saturated heterocycles. The summed E-state index contributed by atoms with van der Waals surface area (Å²) in [5.41, 5.74) is 8.84. The molecule has 0 bridgehead atoms. The molecule has 0 saturated carbocycles. The molecule has 2 N–H and O–H groups in total. The van der Waals surface area contributed by atoms with Gasteiger partial charge >= 0.3 is 5.69 Å². The van der Waals surface area contributed by atoms with Crippen molar-refractivity contribution in [1.82, 2.24) is 9.13 Å². The molecule has 0 radical (unpaired) electrons. The van der Waals surface area contributed by atoms with Gasteiger partial charge in [-0.25, -0.2) is 9.36 Å². The molecule has 1 aromatic heterocycles. The van der Waals surface area contributed by atoms with Gasteiger partial charge in [0.1, 0.15) is 5.69 Å². The van der Waals surface area contributed by atoms with Crippen molar-refractivity contribution >= 4 is 18.1 Å². The lowest BCUT2D eigenvalue weighted by Crippen LogP contribution is -2.44. The number of hydrogen-bond donors (Lipinski definition) is 1. The van der Waals surface area contributed by atoms with Gasteiger partial charge in [-0.2, -0.15) is 0 Å². The topological polar surface area (TPSA) is 70.0 Å². The molecule has 0 atom stereocenters. The highest BCUT2D eigenvalue weighted by Crippen LogP contribution is 2.28. The second-order valence-electron chi connectivity index (χ2n) is 8.40. The van der Waals surface area contributed by atoms with E-state index >= 15 is 0 Å². The average Bonchev–Trinajstić information content (AvgIpc) is 2.92. The fourth-order valence-corrected chi connectivity index (χ4v) is 4.57. The van der Waals surface area contributed by atoms with Crippen molar-refractivity contribution in [2.75, 3.05) is 5.73 Å². The van der Waals surface area contributed by atoms with Crippen molar-refractivity contribution in [3.05, 3.63) is 171 Å². The largest absolute Gasteiger partial charge is 0.393 e. The van der Waals surface area contributed by atoms with Gasteiger partial charge in [-0.15, -0.1) is 12.4 Å². The summed E-state index contributed by atoms with van der Waals surface area (Å²) in [6.07, 6.45) is 1.47. The minimum atomic E-state index is -0.626. The van der Waals surface area contributed by atoms with Crippen LogP contribution in [0, 0.1) is 0 Å². The van der Waals surface area contributed by atoms with E-state index in [1.165, 1.54) is 10.8 Å². The molecule has 0 amide bonds. The number of nitrogen functional groups attached to an aromatic ring is 1. The van der Waals surface area contributed by atoms with Crippen LogP contribution >= 0.6 is 12.4 Å². The van der Waals surface area contributed by atoms with E-state index in [2.05, 4.69) is 0 Å². The van der Waals surface area contributed by atoms with Crippen LogP contribution in [0.5, 0.6) is 0 Å². The van der Waals surface area contributed by atoms with Crippen LogP contribution in [0.15, 0.2) is 137 Å². The van der Waals surface area contributed by atoms with E-state index in [-0.39, 0.29) is 18.1 Å². The maximum absolute atomic E-state index is 14.2. The number of anilines is 1. The second kappa shape index (κ2) is 10.9. The molecule has 5 rings (SSSR count). The molecule has 6 heteroatoms. The first-order chi connectivity index (χ1) is 17.1. The van der Waals surface area contributed by atoms with Crippen molar-refractivity contribution < 1.29 is 0 Å². The summed E-state index contributed by atoms with van der Waals surface area (Å²) in [5, 5.41) is 0. The lowest BCUT2D eigenvalue weighted by atomic mass is 9.97. The highest BCUT2D eigenvalue weighted by atomic mass is 35.5. The summed E-state index contributed by atoms with van der Waals surface area (Å²) >= 11 is 0. The van der Waals surface area contributed by atoms with Crippen LogP contribution in [0.3, 0.4) is 0 Å². The van der Waals surface area contributed by atoms with Gasteiger partial charge in [0, 0.05) is 6.20 Å². The fraction of sp³-hybridized carbons (Fsp3) is 0.0667. The Morgan fingerprint density at radius 3 is 1.22 bits per heavy atom. The van der Waals surface area contributed by atoms with Gasteiger partial charge in [0.15, 0.2) is 0 Å². The SMILES string of the molecule is Cl.Nc1cn(C(c2ccccc2)c2ccccc2)c(=O)n(C(c2ccccc2)c2ccccc2)c1=O. The van der Waals surface area contributed by atoms with Crippen molar-refractivity contribution in [3.63, 3.8) is 0 Å². The lowest BCUT2D eigenvalue weighted by Gasteiger charge is -2.26. The summed E-state index contributed by atoms with van der Waals surface area (Å²) in [6, 6.07) is 37.5. The van der Waals surface area contributed by atoms with Gasteiger partial charge in [-0.3, -0.25) is 9.36 Å². The summed E-state index contributed by atoms with van der Waals surface area (Å²) < 4.78 is 2.85. The Morgan fingerprint density at radius 1 is 0.528 bits per heavy atom. The van der Waals surface area contributed by atoms with E-state index in [1.807, 2.05) is 121 Å². The van der Waals surface area contributed by atoms with E-state index in [0.29, 0.717) is 0 Å². The quantitative estimate of drug-likeness (QED) is 0.348. The van der Waals surface area contributed by atoms with Gasteiger partial charge in [0.25, 0.3) is 5.56 Å². The number of halogens is 1. The summed E-state index contributed by atoms with van der Waals surface area (Å²) in [5.74, 6) is 0. The molecule has 0 aliphatic heterocycles. The smallest absolute Gasteiger partial charge is 0.332 e. The standard InChI is InChI=1S/C30H25N3O2.ClH/c31-26-21-32(27(22-13-5-1-6-14-22)23-15-7-2-8-16-23)30(35)33(29(26)34)28(24-17-9-3-10-18-24)25-19-11-4-12-20-25;/h1-21,27-28H,31H2;1H. The zero-order valence-corrected chi connectivity index (χ0v) is 20.3. The van der Waals surface area contributed by atoms with Gasteiger partial charge in [0.05, 0.1) is 12.1 Å². The Hall–Kier alpha value is -4.35. The van der Waals surface area contributed by atoms with Crippen molar-refractivity contribution in [3.8, 4) is 0 Å². The molecule has 5 aromatic rings. The van der Waals surface area contributed by atoms with Crippen LogP contribution in [0.25, 0.3) is 0 Å². The van der Waals surface area contributed by atoms with Crippen molar-refractivity contribution in [1.29, 1.82) is 0 Å². The van der Waals surface area contributed by atoms with E-state index in [4.69, 9.17) is 5.73 Å². The zero-order chi connectivity index (χ0) is 24.2. The predicted octanol–water partition coefficient (Wildman–Crippen LogP) is 5.29. The zero-order valence-electron chi connectivity index (χ0n) is 19.5. The molecule has 180 valence electrons. The number of rotatable bonds is 6. The average molecular weight is 496 g/mol. The third kappa shape index (κ3) is 4.74. The van der Waals surface area contributed by atoms with Crippen LogP contribution < -0.4 is 17.0 Å². The fourth-order valence-electron chi connectivity index (χ4n) is 4.57. The maximum atomic E-state index is 14.2. The minimum absolute atomic E-state index is 0. The third-order valence-electron chi connectivity index (χ3n) is 6.17. The van der Waals surface area contributed by atoms with Crippen molar-refractivity contribution in [2.45, 2.75) is 12.1 Å². The van der Waals surface area contributed by atoms with Crippen LogP contribution in [-0.2, 0) is 0 Å². The van der Waals surface area contributed by atoms with Gasteiger partial charge in [-0.1, -0.05) is 121 Å². The molecular weight excluding hydrogens is 470 g/mol. The van der Waals surface area contributed by atoms with E-state index < -0.39 is 23.3 Å². The molecule has 0 unspecified atom stereocenters.